The first-order valence-electron chi connectivity index (χ1n) is 5.69. The molecule has 2 nitrogen and oxygen atoms in total. The maximum absolute atomic E-state index is 11.3. The van der Waals surface area contributed by atoms with E-state index in [0.717, 1.165) is 29.7 Å². The van der Waals surface area contributed by atoms with E-state index < -0.39 is 5.97 Å². The van der Waals surface area contributed by atoms with Gasteiger partial charge in [0.2, 0.25) is 0 Å². The highest BCUT2D eigenvalue weighted by atomic mass is 35.5. The second-order valence-electron chi connectivity index (χ2n) is 4.32. The summed E-state index contributed by atoms with van der Waals surface area (Å²) < 4.78 is 0. The molecular formula is C13H15ClO2S. The fourth-order valence-corrected chi connectivity index (χ4v) is 3.92. The van der Waals surface area contributed by atoms with Crippen LogP contribution < -0.4 is 0 Å². The molecule has 4 heteroatoms. The van der Waals surface area contributed by atoms with Gasteiger partial charge in [-0.15, -0.1) is 11.8 Å². The van der Waals surface area contributed by atoms with Gasteiger partial charge in [-0.1, -0.05) is 11.6 Å². The largest absolute Gasteiger partial charge is 0.478 e. The summed E-state index contributed by atoms with van der Waals surface area (Å²) in [6.45, 7) is 1.88. The summed E-state index contributed by atoms with van der Waals surface area (Å²) in [6, 6.07) is 0. The number of hydrogen-bond donors (Lipinski definition) is 1. The second kappa shape index (κ2) is 4.91. The Bertz CT molecular complexity index is 460. The first-order chi connectivity index (χ1) is 8.07. The van der Waals surface area contributed by atoms with Crippen LogP contribution in [-0.4, -0.2) is 17.3 Å². The number of carboxylic acids is 1. The van der Waals surface area contributed by atoms with E-state index in [9.17, 15) is 9.90 Å². The Kier molecular flexibility index (Phi) is 3.69. The Labute approximate surface area is 110 Å². The summed E-state index contributed by atoms with van der Waals surface area (Å²) in [5, 5.41) is 9.69. The molecule has 2 rings (SSSR count). The lowest BCUT2D eigenvalue weighted by molar-refractivity contribution is 0.0696. The highest BCUT2D eigenvalue weighted by Gasteiger charge is 2.25. The number of benzene rings is 1. The van der Waals surface area contributed by atoms with Gasteiger partial charge in [0.05, 0.1) is 10.6 Å². The molecule has 0 saturated heterocycles. The zero-order valence-electron chi connectivity index (χ0n) is 9.97. The Balaban J connectivity index is 2.76. The zero-order chi connectivity index (χ0) is 12.6. The highest BCUT2D eigenvalue weighted by molar-refractivity contribution is 7.98. The molecule has 0 bridgehead atoms. The zero-order valence-corrected chi connectivity index (χ0v) is 11.5. The SMILES string of the molecule is CSc1c(Cl)c(C(=O)O)c(C)c2c1CCCC2. The third-order valence-electron chi connectivity index (χ3n) is 3.41. The monoisotopic (exact) mass is 270 g/mol. The average molecular weight is 271 g/mol. The molecule has 1 aromatic carbocycles. The summed E-state index contributed by atoms with van der Waals surface area (Å²) in [5.41, 5.74) is 3.63. The van der Waals surface area contributed by atoms with Crippen molar-refractivity contribution in [3.05, 3.63) is 27.3 Å². The van der Waals surface area contributed by atoms with Gasteiger partial charge in [0.1, 0.15) is 0 Å². The predicted octanol–water partition coefficient (Wildman–Crippen LogP) is 3.95. The van der Waals surface area contributed by atoms with E-state index in [1.165, 1.54) is 17.5 Å². The third-order valence-corrected chi connectivity index (χ3v) is 4.76. The minimum Gasteiger partial charge on any atom is -0.478 e. The fourth-order valence-electron chi connectivity index (χ4n) is 2.60. The van der Waals surface area contributed by atoms with Gasteiger partial charge in [-0.05, 0) is 55.6 Å². The molecule has 0 spiro atoms. The summed E-state index contributed by atoms with van der Waals surface area (Å²) in [4.78, 5) is 12.3. The van der Waals surface area contributed by atoms with Gasteiger partial charge >= 0.3 is 5.97 Å². The number of carbonyl (C=O) groups is 1. The van der Waals surface area contributed by atoms with Crippen molar-refractivity contribution >= 4 is 29.3 Å². The Morgan fingerprint density at radius 1 is 1.29 bits per heavy atom. The van der Waals surface area contributed by atoms with Gasteiger partial charge in [-0.25, -0.2) is 4.79 Å². The molecule has 0 aromatic heterocycles. The molecule has 1 aromatic rings. The quantitative estimate of drug-likeness (QED) is 0.827. The molecule has 0 radical (unpaired) electrons. The van der Waals surface area contributed by atoms with Crippen molar-refractivity contribution in [1.29, 1.82) is 0 Å². The van der Waals surface area contributed by atoms with E-state index in [1.54, 1.807) is 11.8 Å². The van der Waals surface area contributed by atoms with Crippen molar-refractivity contribution in [2.45, 2.75) is 37.5 Å². The van der Waals surface area contributed by atoms with Crippen LogP contribution in [0.3, 0.4) is 0 Å². The summed E-state index contributed by atoms with van der Waals surface area (Å²) >= 11 is 7.80. The number of halogens is 1. The Morgan fingerprint density at radius 3 is 2.41 bits per heavy atom. The highest BCUT2D eigenvalue weighted by Crippen LogP contribution is 2.40. The number of hydrogen-bond acceptors (Lipinski definition) is 2. The molecule has 0 amide bonds. The van der Waals surface area contributed by atoms with E-state index in [2.05, 4.69) is 0 Å². The van der Waals surface area contributed by atoms with Crippen LogP contribution in [0.2, 0.25) is 5.02 Å². The Morgan fingerprint density at radius 2 is 1.88 bits per heavy atom. The molecule has 0 heterocycles. The number of carboxylic acid groups (broad SMARTS) is 1. The lowest BCUT2D eigenvalue weighted by Gasteiger charge is -2.23. The molecule has 0 aliphatic heterocycles. The minimum absolute atomic E-state index is 0.289. The van der Waals surface area contributed by atoms with Crippen molar-refractivity contribution in [3.8, 4) is 0 Å². The number of rotatable bonds is 2. The first-order valence-corrected chi connectivity index (χ1v) is 7.29. The summed E-state index contributed by atoms with van der Waals surface area (Å²) in [7, 11) is 0. The first kappa shape index (κ1) is 12.8. The molecule has 1 aliphatic rings. The van der Waals surface area contributed by atoms with Crippen LogP contribution in [0.5, 0.6) is 0 Å². The van der Waals surface area contributed by atoms with Crippen molar-refractivity contribution < 1.29 is 9.90 Å². The van der Waals surface area contributed by atoms with Crippen LogP contribution in [0.25, 0.3) is 0 Å². The lowest BCUT2D eigenvalue weighted by atomic mass is 9.86. The van der Waals surface area contributed by atoms with E-state index in [0.29, 0.717) is 5.02 Å². The topological polar surface area (TPSA) is 37.3 Å². The van der Waals surface area contributed by atoms with Crippen LogP contribution >= 0.6 is 23.4 Å². The molecule has 0 atom stereocenters. The van der Waals surface area contributed by atoms with E-state index >= 15 is 0 Å². The molecule has 17 heavy (non-hydrogen) atoms. The van der Waals surface area contributed by atoms with Gasteiger partial charge in [0, 0.05) is 4.90 Å². The normalized spacial score (nSPS) is 14.5. The molecule has 0 unspecified atom stereocenters. The van der Waals surface area contributed by atoms with Gasteiger partial charge in [-0.2, -0.15) is 0 Å². The molecule has 0 saturated carbocycles. The van der Waals surface area contributed by atoms with Crippen LogP contribution in [0, 0.1) is 6.92 Å². The van der Waals surface area contributed by atoms with E-state index in [4.69, 9.17) is 11.6 Å². The lowest BCUT2D eigenvalue weighted by Crippen LogP contribution is -2.12. The van der Waals surface area contributed by atoms with Gasteiger partial charge in [0.15, 0.2) is 0 Å². The van der Waals surface area contributed by atoms with E-state index in [1.807, 2.05) is 13.2 Å². The maximum atomic E-state index is 11.3. The smallest absolute Gasteiger partial charge is 0.337 e. The number of aromatic carboxylic acids is 1. The maximum Gasteiger partial charge on any atom is 0.337 e. The van der Waals surface area contributed by atoms with Crippen molar-refractivity contribution in [2.75, 3.05) is 6.26 Å². The average Bonchev–Trinajstić information content (AvgIpc) is 2.29. The second-order valence-corrected chi connectivity index (χ2v) is 5.51. The third kappa shape index (κ3) is 2.06. The van der Waals surface area contributed by atoms with Gasteiger partial charge in [-0.3, -0.25) is 0 Å². The van der Waals surface area contributed by atoms with Crippen molar-refractivity contribution in [2.24, 2.45) is 0 Å². The predicted molar refractivity (Wildman–Crippen MR) is 71.6 cm³/mol. The number of fused-ring (bicyclic) bond motifs is 1. The standard InChI is InChI=1S/C13H15ClO2S/c1-7-8-5-3-4-6-9(8)12(17-2)11(14)10(7)13(15)16/h3-6H2,1-2H3,(H,15,16). The summed E-state index contributed by atoms with van der Waals surface area (Å²) in [5.74, 6) is -0.920. The Hall–Kier alpha value is -0.670. The van der Waals surface area contributed by atoms with Crippen molar-refractivity contribution in [1.82, 2.24) is 0 Å². The van der Waals surface area contributed by atoms with Gasteiger partial charge < -0.3 is 5.11 Å². The molecular weight excluding hydrogens is 256 g/mol. The van der Waals surface area contributed by atoms with E-state index in [-0.39, 0.29) is 5.56 Å². The van der Waals surface area contributed by atoms with Crippen molar-refractivity contribution in [3.63, 3.8) is 0 Å². The van der Waals surface area contributed by atoms with Crippen LogP contribution in [0.4, 0.5) is 0 Å². The fraction of sp³-hybridized carbons (Fsp3) is 0.462. The van der Waals surface area contributed by atoms with Crippen LogP contribution in [0.1, 0.15) is 39.9 Å². The molecule has 1 aliphatic carbocycles. The minimum atomic E-state index is -0.920. The number of thioether (sulfide) groups is 1. The summed E-state index contributed by atoms with van der Waals surface area (Å²) in [6.07, 6.45) is 6.26. The molecule has 0 fully saturated rings. The molecule has 1 N–H and O–H groups in total. The van der Waals surface area contributed by atoms with Gasteiger partial charge in [0.25, 0.3) is 0 Å². The molecule has 92 valence electrons. The van der Waals surface area contributed by atoms with Crippen LogP contribution in [-0.2, 0) is 12.8 Å². The van der Waals surface area contributed by atoms with Crippen LogP contribution in [0.15, 0.2) is 4.90 Å².